The lowest BCUT2D eigenvalue weighted by molar-refractivity contribution is -0.143. The normalized spacial score (nSPS) is 17.4. The smallest absolute Gasteiger partial charge is 0.322 e. The van der Waals surface area contributed by atoms with Crippen molar-refractivity contribution in [3.05, 3.63) is 0 Å². The van der Waals surface area contributed by atoms with Crippen LogP contribution in [0.25, 0.3) is 0 Å². The first kappa shape index (κ1) is 19.9. The molecule has 0 aromatic carbocycles. The molecular weight excluding hydrogens is 272 g/mol. The average Bonchev–Trinajstić information content (AvgIpc) is 3.03. The average molecular weight is 302 g/mol. The molecule has 0 bridgehead atoms. The molecule has 21 heavy (non-hydrogen) atoms. The largest absolute Gasteiger partial charge is 0.468 e. The van der Waals surface area contributed by atoms with Crippen LogP contribution in [0, 0.1) is 0 Å². The van der Waals surface area contributed by atoms with Gasteiger partial charge in [0.2, 0.25) is 0 Å². The van der Waals surface area contributed by atoms with Crippen molar-refractivity contribution in [3.63, 3.8) is 0 Å². The molecule has 0 aromatic heterocycles. The summed E-state index contributed by atoms with van der Waals surface area (Å²) in [4.78, 5) is 21.6. The van der Waals surface area contributed by atoms with E-state index in [0.29, 0.717) is 12.5 Å². The van der Waals surface area contributed by atoms with Crippen molar-refractivity contribution >= 4 is 11.9 Å². The second-order valence-electron chi connectivity index (χ2n) is 5.17. The zero-order valence-corrected chi connectivity index (χ0v) is 13.7. The van der Waals surface area contributed by atoms with E-state index < -0.39 is 6.04 Å². The summed E-state index contributed by atoms with van der Waals surface area (Å²) in [5.74, 6) is -0.470. The molecule has 0 spiro atoms. The Balaban J connectivity index is 0.000000433. The first-order chi connectivity index (χ1) is 9.99. The van der Waals surface area contributed by atoms with Crippen LogP contribution < -0.4 is 11.1 Å². The van der Waals surface area contributed by atoms with Crippen LogP contribution in [0.2, 0.25) is 0 Å². The SMILES string of the molecule is CC[C@H](N)C(=O)OC.CC[C@H](NC1CCCC1)C(=O)OC. The zero-order valence-electron chi connectivity index (χ0n) is 13.7. The molecule has 0 saturated heterocycles. The summed E-state index contributed by atoms with van der Waals surface area (Å²) in [6, 6.07) is -0.0165. The molecule has 0 heterocycles. The van der Waals surface area contributed by atoms with Crippen molar-refractivity contribution in [1.29, 1.82) is 0 Å². The molecule has 0 radical (unpaired) electrons. The highest BCUT2D eigenvalue weighted by molar-refractivity contribution is 5.75. The van der Waals surface area contributed by atoms with Gasteiger partial charge in [-0.25, -0.2) is 0 Å². The van der Waals surface area contributed by atoms with Crippen molar-refractivity contribution in [2.45, 2.75) is 70.5 Å². The lowest BCUT2D eigenvalue weighted by Gasteiger charge is -2.19. The van der Waals surface area contributed by atoms with Crippen LogP contribution in [0.15, 0.2) is 0 Å². The highest BCUT2D eigenvalue weighted by Gasteiger charge is 2.22. The van der Waals surface area contributed by atoms with Gasteiger partial charge in [-0.05, 0) is 25.7 Å². The predicted molar refractivity (Wildman–Crippen MR) is 81.8 cm³/mol. The minimum atomic E-state index is -0.444. The molecule has 1 fully saturated rings. The van der Waals surface area contributed by atoms with Crippen LogP contribution in [0.5, 0.6) is 0 Å². The lowest BCUT2D eigenvalue weighted by atomic mass is 10.1. The Morgan fingerprint density at radius 1 is 1.10 bits per heavy atom. The summed E-state index contributed by atoms with van der Waals surface area (Å²) in [5.41, 5.74) is 5.25. The summed E-state index contributed by atoms with van der Waals surface area (Å²) in [6.45, 7) is 3.84. The Morgan fingerprint density at radius 2 is 1.62 bits per heavy atom. The molecule has 0 unspecified atom stereocenters. The molecule has 3 N–H and O–H groups in total. The summed E-state index contributed by atoms with van der Waals surface area (Å²) in [6.07, 6.45) is 6.42. The minimum Gasteiger partial charge on any atom is -0.468 e. The Labute approximate surface area is 127 Å². The number of carbonyl (C=O) groups is 2. The van der Waals surface area contributed by atoms with Gasteiger partial charge in [0.1, 0.15) is 12.1 Å². The summed E-state index contributed by atoms with van der Waals surface area (Å²) in [5, 5.41) is 3.34. The van der Waals surface area contributed by atoms with E-state index in [-0.39, 0.29) is 18.0 Å². The van der Waals surface area contributed by atoms with Gasteiger partial charge in [0.15, 0.2) is 0 Å². The third-order valence-corrected chi connectivity index (χ3v) is 3.63. The van der Waals surface area contributed by atoms with E-state index >= 15 is 0 Å². The topological polar surface area (TPSA) is 90.7 Å². The quantitative estimate of drug-likeness (QED) is 0.720. The molecule has 0 amide bonds. The van der Waals surface area contributed by atoms with Crippen molar-refractivity contribution in [2.75, 3.05) is 14.2 Å². The number of carbonyl (C=O) groups excluding carboxylic acids is 2. The van der Waals surface area contributed by atoms with Gasteiger partial charge >= 0.3 is 11.9 Å². The Morgan fingerprint density at radius 3 is 1.95 bits per heavy atom. The Kier molecular flexibility index (Phi) is 10.9. The first-order valence-corrected chi connectivity index (χ1v) is 7.67. The van der Waals surface area contributed by atoms with Crippen LogP contribution in [0.3, 0.4) is 0 Å². The Bertz CT molecular complexity index is 304. The second-order valence-corrected chi connectivity index (χ2v) is 5.17. The van der Waals surface area contributed by atoms with Gasteiger partial charge in [0.05, 0.1) is 14.2 Å². The lowest BCUT2D eigenvalue weighted by Crippen LogP contribution is -2.42. The fourth-order valence-electron chi connectivity index (χ4n) is 2.19. The van der Waals surface area contributed by atoms with E-state index in [9.17, 15) is 9.59 Å². The molecule has 1 rings (SSSR count). The van der Waals surface area contributed by atoms with E-state index in [1.165, 1.54) is 39.9 Å². The highest BCUT2D eigenvalue weighted by atomic mass is 16.5. The number of esters is 2. The fourth-order valence-corrected chi connectivity index (χ4v) is 2.19. The molecule has 6 heteroatoms. The number of nitrogens with one attached hydrogen (secondary N) is 1. The maximum absolute atomic E-state index is 11.2. The van der Waals surface area contributed by atoms with E-state index in [1.54, 1.807) is 0 Å². The van der Waals surface area contributed by atoms with E-state index in [4.69, 9.17) is 10.5 Å². The number of nitrogens with two attached hydrogens (primary N) is 1. The van der Waals surface area contributed by atoms with Gasteiger partial charge in [-0.3, -0.25) is 9.59 Å². The maximum atomic E-state index is 11.2. The van der Waals surface area contributed by atoms with Crippen molar-refractivity contribution < 1.29 is 19.1 Å². The van der Waals surface area contributed by atoms with E-state index in [0.717, 1.165) is 6.42 Å². The zero-order chi connectivity index (χ0) is 16.3. The first-order valence-electron chi connectivity index (χ1n) is 7.67. The van der Waals surface area contributed by atoms with E-state index in [1.807, 2.05) is 13.8 Å². The molecule has 1 saturated carbocycles. The van der Waals surface area contributed by atoms with Crippen LogP contribution in [0.1, 0.15) is 52.4 Å². The number of ether oxygens (including phenoxy) is 2. The van der Waals surface area contributed by atoms with Crippen molar-refractivity contribution in [1.82, 2.24) is 5.32 Å². The molecule has 0 aromatic rings. The maximum Gasteiger partial charge on any atom is 0.322 e. The van der Waals surface area contributed by atoms with E-state index in [2.05, 4.69) is 10.1 Å². The van der Waals surface area contributed by atoms with Gasteiger partial charge in [0, 0.05) is 6.04 Å². The molecule has 1 aliphatic carbocycles. The van der Waals surface area contributed by atoms with Gasteiger partial charge < -0.3 is 20.5 Å². The number of methoxy groups -OCH3 is 2. The molecule has 0 aliphatic heterocycles. The summed E-state index contributed by atoms with van der Waals surface area (Å²) in [7, 11) is 2.78. The predicted octanol–water partition coefficient (Wildman–Crippen LogP) is 1.37. The monoisotopic (exact) mass is 302 g/mol. The molecular formula is C15H30N2O4. The summed E-state index contributed by atoms with van der Waals surface area (Å²) >= 11 is 0. The van der Waals surface area contributed by atoms with Crippen LogP contribution in [-0.2, 0) is 19.1 Å². The second kappa shape index (κ2) is 11.5. The number of hydrogen-bond acceptors (Lipinski definition) is 6. The fraction of sp³-hybridized carbons (Fsp3) is 0.867. The standard InChI is InChI=1S/C10H19NO2.C5H11NO2/c1-3-9(10(12)13-2)11-8-6-4-5-7-8;1-3-4(6)5(7)8-2/h8-9,11H,3-7H2,1-2H3;4H,3,6H2,1-2H3/t9-;4-/m00/s1. The third kappa shape index (κ3) is 8.02. The third-order valence-electron chi connectivity index (χ3n) is 3.63. The van der Waals surface area contributed by atoms with Crippen LogP contribution in [-0.4, -0.2) is 44.3 Å². The molecule has 124 valence electrons. The van der Waals surface area contributed by atoms with Crippen LogP contribution in [0.4, 0.5) is 0 Å². The van der Waals surface area contributed by atoms with Crippen LogP contribution >= 0.6 is 0 Å². The van der Waals surface area contributed by atoms with Gasteiger partial charge in [-0.2, -0.15) is 0 Å². The molecule has 6 nitrogen and oxygen atoms in total. The number of rotatable bonds is 6. The Hall–Kier alpha value is -1.14. The number of hydrogen-bond donors (Lipinski definition) is 2. The van der Waals surface area contributed by atoms with Gasteiger partial charge in [-0.15, -0.1) is 0 Å². The minimum absolute atomic E-state index is 0.104. The molecule has 2 atom stereocenters. The summed E-state index contributed by atoms with van der Waals surface area (Å²) < 4.78 is 9.05. The van der Waals surface area contributed by atoms with Crippen molar-refractivity contribution in [2.24, 2.45) is 5.73 Å². The molecule has 1 aliphatic rings. The van der Waals surface area contributed by atoms with Gasteiger partial charge in [-0.1, -0.05) is 26.7 Å². The van der Waals surface area contributed by atoms with Crippen molar-refractivity contribution in [3.8, 4) is 0 Å². The highest BCUT2D eigenvalue weighted by Crippen LogP contribution is 2.18. The van der Waals surface area contributed by atoms with Gasteiger partial charge in [0.25, 0.3) is 0 Å².